The summed E-state index contributed by atoms with van der Waals surface area (Å²) in [6.45, 7) is 5.74. The molecule has 1 aliphatic heterocycles. The van der Waals surface area contributed by atoms with Crippen molar-refractivity contribution in [3.8, 4) is 0 Å². The Morgan fingerprint density at radius 1 is 1.03 bits per heavy atom. The topological polar surface area (TPSA) is 73.4 Å². The molecule has 0 amide bonds. The van der Waals surface area contributed by atoms with Gasteiger partial charge in [-0.05, 0) is 94.9 Å². The lowest BCUT2D eigenvalue weighted by atomic mass is 9.60. The van der Waals surface area contributed by atoms with Crippen molar-refractivity contribution in [2.75, 3.05) is 56.0 Å². The lowest BCUT2D eigenvalue weighted by Gasteiger charge is -2.54. The first-order valence-electron chi connectivity index (χ1n) is 12.8. The van der Waals surface area contributed by atoms with Crippen LogP contribution in [0.1, 0.15) is 25.7 Å². The summed E-state index contributed by atoms with van der Waals surface area (Å²) < 4.78 is 12.7. The standard InChI is InChI=1S/C28H36ClN6OP.ClH/c1-34(2)22-17-28(18-22)13-15-35(16-14-28)21-11-9-20(10-12-21)31-27-30-19-23(29)26(33-27)32-24-7-5-6-8-25(24)37(3,4)36;/h5-12,19,22H,13-18H2,1-4H3,(H2,30,31,32,33);1H. The highest BCUT2D eigenvalue weighted by atomic mass is 35.5. The van der Waals surface area contributed by atoms with Gasteiger partial charge in [0.2, 0.25) is 5.95 Å². The number of benzene rings is 2. The first-order valence-corrected chi connectivity index (χ1v) is 15.8. The molecule has 3 aromatic rings. The predicted octanol–water partition coefficient (Wildman–Crippen LogP) is 6.60. The van der Waals surface area contributed by atoms with Crippen LogP contribution in [-0.2, 0) is 4.57 Å². The fourth-order valence-corrected chi connectivity index (χ4v) is 6.82. The van der Waals surface area contributed by atoms with E-state index in [-0.39, 0.29) is 12.4 Å². The number of para-hydroxylation sites is 1. The molecule has 2 aliphatic rings. The number of nitrogens with zero attached hydrogens (tertiary/aromatic N) is 4. The summed E-state index contributed by atoms with van der Waals surface area (Å²) in [6, 6.07) is 16.7. The van der Waals surface area contributed by atoms with Gasteiger partial charge in [-0.3, -0.25) is 0 Å². The van der Waals surface area contributed by atoms with Gasteiger partial charge in [0.15, 0.2) is 5.82 Å². The predicted molar refractivity (Wildman–Crippen MR) is 163 cm³/mol. The number of aromatic nitrogens is 2. The van der Waals surface area contributed by atoms with Gasteiger partial charge in [0.1, 0.15) is 12.2 Å². The largest absolute Gasteiger partial charge is 0.371 e. The van der Waals surface area contributed by atoms with Crippen LogP contribution < -0.4 is 20.8 Å². The van der Waals surface area contributed by atoms with E-state index in [4.69, 9.17) is 11.6 Å². The van der Waals surface area contributed by atoms with Gasteiger partial charge >= 0.3 is 0 Å². The number of hydrogen-bond donors (Lipinski definition) is 2. The highest BCUT2D eigenvalue weighted by Crippen LogP contribution is 2.50. The van der Waals surface area contributed by atoms with E-state index in [1.165, 1.54) is 31.4 Å². The molecule has 38 heavy (non-hydrogen) atoms. The molecule has 0 unspecified atom stereocenters. The van der Waals surface area contributed by atoms with Crippen molar-refractivity contribution < 1.29 is 4.57 Å². The molecule has 2 heterocycles. The molecule has 5 rings (SSSR count). The number of halogens is 2. The summed E-state index contributed by atoms with van der Waals surface area (Å²) in [6.07, 6.45) is 6.81. The maximum atomic E-state index is 12.7. The first kappa shape index (κ1) is 28.7. The summed E-state index contributed by atoms with van der Waals surface area (Å²) in [5.41, 5.74) is 3.46. The molecule has 10 heteroatoms. The summed E-state index contributed by atoms with van der Waals surface area (Å²) in [4.78, 5) is 13.8. The number of nitrogens with one attached hydrogen (secondary N) is 2. The van der Waals surface area contributed by atoms with Crippen LogP contribution in [0.2, 0.25) is 5.02 Å². The van der Waals surface area contributed by atoms with Crippen molar-refractivity contribution in [1.82, 2.24) is 14.9 Å². The Labute approximate surface area is 237 Å². The summed E-state index contributed by atoms with van der Waals surface area (Å²) in [7, 11) is 1.92. The third-order valence-corrected chi connectivity index (χ3v) is 9.69. The van der Waals surface area contributed by atoms with Gasteiger partial charge in [0.05, 0.1) is 11.9 Å². The Bertz CT molecular complexity index is 1300. The van der Waals surface area contributed by atoms with Crippen molar-refractivity contribution >= 4 is 65.3 Å². The molecular weight excluding hydrogens is 538 g/mol. The Morgan fingerprint density at radius 2 is 1.68 bits per heavy atom. The molecular formula is C28H37Cl2N6OP. The lowest BCUT2D eigenvalue weighted by molar-refractivity contribution is 0.00490. The number of piperidine rings is 1. The Morgan fingerprint density at radius 3 is 2.32 bits per heavy atom. The Balaban J connectivity index is 0.00000336. The van der Waals surface area contributed by atoms with Gasteiger partial charge < -0.3 is 25.0 Å². The van der Waals surface area contributed by atoms with Crippen molar-refractivity contribution in [1.29, 1.82) is 0 Å². The Hall–Kier alpha value is -2.31. The van der Waals surface area contributed by atoms with Gasteiger partial charge in [-0.25, -0.2) is 4.98 Å². The van der Waals surface area contributed by atoms with Crippen molar-refractivity contribution in [2.45, 2.75) is 31.7 Å². The van der Waals surface area contributed by atoms with E-state index in [0.717, 1.165) is 35.8 Å². The maximum Gasteiger partial charge on any atom is 0.229 e. The average molecular weight is 576 g/mol. The van der Waals surface area contributed by atoms with Crippen LogP contribution in [0.4, 0.5) is 28.8 Å². The molecule has 7 nitrogen and oxygen atoms in total. The quantitative estimate of drug-likeness (QED) is 0.308. The minimum absolute atomic E-state index is 0. The molecule has 1 aromatic heterocycles. The van der Waals surface area contributed by atoms with Crippen molar-refractivity contribution in [3.63, 3.8) is 0 Å². The van der Waals surface area contributed by atoms with Crippen LogP contribution in [0, 0.1) is 5.41 Å². The number of anilines is 5. The maximum absolute atomic E-state index is 12.7. The molecule has 1 saturated heterocycles. The number of rotatable bonds is 7. The zero-order chi connectivity index (χ0) is 26.2. The zero-order valence-corrected chi connectivity index (χ0v) is 24.9. The molecule has 0 atom stereocenters. The minimum Gasteiger partial charge on any atom is -0.371 e. The molecule has 1 aliphatic carbocycles. The van der Waals surface area contributed by atoms with Crippen LogP contribution >= 0.6 is 31.1 Å². The van der Waals surface area contributed by atoms with E-state index < -0.39 is 7.14 Å². The average Bonchev–Trinajstić information content (AvgIpc) is 2.85. The van der Waals surface area contributed by atoms with E-state index in [1.54, 1.807) is 19.5 Å². The second kappa shape index (κ2) is 11.4. The summed E-state index contributed by atoms with van der Waals surface area (Å²) in [5, 5.41) is 7.68. The van der Waals surface area contributed by atoms with Crippen LogP contribution in [0.15, 0.2) is 54.7 Å². The van der Waals surface area contributed by atoms with Gasteiger partial charge in [0.25, 0.3) is 0 Å². The van der Waals surface area contributed by atoms with E-state index in [1.807, 2.05) is 24.3 Å². The smallest absolute Gasteiger partial charge is 0.229 e. The summed E-state index contributed by atoms with van der Waals surface area (Å²) in [5.74, 6) is 0.903. The fourth-order valence-electron chi connectivity index (χ4n) is 5.53. The second-order valence-electron chi connectivity index (χ2n) is 11.1. The fraction of sp³-hybridized carbons (Fsp3) is 0.429. The summed E-state index contributed by atoms with van der Waals surface area (Å²) >= 11 is 6.39. The SMILES string of the molecule is CN(C)C1CC2(CCN(c3ccc(Nc4ncc(Cl)c(Nc5ccccc5P(C)(C)=O)n4)cc3)CC2)C1.Cl. The first-order chi connectivity index (χ1) is 17.6. The van der Waals surface area contributed by atoms with Gasteiger partial charge in [0, 0.05) is 35.8 Å². The van der Waals surface area contributed by atoms with E-state index in [0.29, 0.717) is 22.2 Å². The second-order valence-corrected chi connectivity index (χ2v) is 14.7. The van der Waals surface area contributed by atoms with Crippen LogP contribution in [0.5, 0.6) is 0 Å². The third-order valence-electron chi connectivity index (χ3n) is 7.86. The highest BCUT2D eigenvalue weighted by molar-refractivity contribution is 7.70. The van der Waals surface area contributed by atoms with Gasteiger partial charge in [-0.2, -0.15) is 4.98 Å². The molecule has 204 valence electrons. The van der Waals surface area contributed by atoms with E-state index >= 15 is 0 Å². The minimum atomic E-state index is -2.47. The molecule has 1 spiro atoms. The van der Waals surface area contributed by atoms with Crippen LogP contribution in [0.3, 0.4) is 0 Å². The Kier molecular flexibility index (Phi) is 8.63. The monoisotopic (exact) mass is 574 g/mol. The van der Waals surface area contributed by atoms with E-state index in [2.05, 4.69) is 68.8 Å². The van der Waals surface area contributed by atoms with Gasteiger partial charge in [-0.15, -0.1) is 12.4 Å². The lowest BCUT2D eigenvalue weighted by Crippen LogP contribution is -2.53. The normalized spacial score (nSPS) is 17.2. The molecule has 0 radical (unpaired) electrons. The van der Waals surface area contributed by atoms with Crippen LogP contribution in [-0.4, -0.2) is 61.4 Å². The number of hydrogen-bond acceptors (Lipinski definition) is 7. The molecule has 1 saturated carbocycles. The zero-order valence-electron chi connectivity index (χ0n) is 22.4. The van der Waals surface area contributed by atoms with Crippen molar-refractivity contribution in [3.05, 3.63) is 59.8 Å². The molecule has 2 fully saturated rings. The third kappa shape index (κ3) is 6.28. The molecule has 0 bridgehead atoms. The van der Waals surface area contributed by atoms with Gasteiger partial charge in [-0.1, -0.05) is 23.7 Å². The van der Waals surface area contributed by atoms with E-state index in [9.17, 15) is 4.57 Å². The molecule has 2 aromatic carbocycles. The molecule has 2 N–H and O–H groups in total. The van der Waals surface area contributed by atoms with Crippen molar-refractivity contribution in [2.24, 2.45) is 5.41 Å². The van der Waals surface area contributed by atoms with Crippen LogP contribution in [0.25, 0.3) is 0 Å². The highest BCUT2D eigenvalue weighted by Gasteiger charge is 2.46.